The highest BCUT2D eigenvalue weighted by atomic mass is 32.2. The Bertz CT molecular complexity index is 384. The smallest absolute Gasteiger partial charge is 0.211 e. The van der Waals surface area contributed by atoms with Gasteiger partial charge in [0.25, 0.3) is 0 Å². The van der Waals surface area contributed by atoms with E-state index in [1.54, 1.807) is 4.31 Å². The number of piperidine rings is 1. The first-order valence-corrected chi connectivity index (χ1v) is 8.82. The molecule has 2 aliphatic rings. The van der Waals surface area contributed by atoms with E-state index in [9.17, 15) is 8.42 Å². The van der Waals surface area contributed by atoms with Gasteiger partial charge in [-0.25, -0.2) is 12.7 Å². The molecule has 0 amide bonds. The van der Waals surface area contributed by atoms with Gasteiger partial charge in [0.05, 0.1) is 6.26 Å². The summed E-state index contributed by atoms with van der Waals surface area (Å²) < 4.78 is 24.5. The lowest BCUT2D eigenvalue weighted by atomic mass is 9.91. The Hall–Kier alpha value is -0.130. The van der Waals surface area contributed by atoms with Crippen LogP contribution in [0.2, 0.25) is 0 Å². The van der Waals surface area contributed by atoms with Crippen molar-refractivity contribution in [3.63, 3.8) is 0 Å². The van der Waals surface area contributed by atoms with Gasteiger partial charge < -0.3 is 5.32 Å². The molecule has 1 saturated heterocycles. The number of hydrogen-bond acceptors (Lipinski definition) is 3. The van der Waals surface area contributed by atoms with E-state index in [0.717, 1.165) is 12.8 Å². The summed E-state index contributed by atoms with van der Waals surface area (Å²) in [5.41, 5.74) is 0.477. The standard InChI is InChI=1S/C13H26N2O2S/c1-13(2)7-4-12(10-13)14-11-5-8-15(9-6-11)18(3,16)17/h11-12,14H,4-10H2,1-3H3. The lowest BCUT2D eigenvalue weighted by Crippen LogP contribution is -2.47. The molecule has 0 aromatic heterocycles. The van der Waals surface area contributed by atoms with Crippen LogP contribution in [0, 0.1) is 5.41 Å². The van der Waals surface area contributed by atoms with Crippen LogP contribution in [-0.4, -0.2) is 44.2 Å². The number of hydrogen-bond donors (Lipinski definition) is 1. The Morgan fingerprint density at radius 3 is 2.17 bits per heavy atom. The van der Waals surface area contributed by atoms with Crippen LogP contribution < -0.4 is 5.32 Å². The predicted molar refractivity (Wildman–Crippen MR) is 74.0 cm³/mol. The fourth-order valence-corrected chi connectivity index (χ4v) is 4.14. The zero-order valence-electron chi connectivity index (χ0n) is 11.8. The molecule has 4 nitrogen and oxygen atoms in total. The maximum atomic E-state index is 11.4. The average Bonchev–Trinajstić information content (AvgIpc) is 2.57. The van der Waals surface area contributed by atoms with Gasteiger partial charge >= 0.3 is 0 Å². The first-order valence-electron chi connectivity index (χ1n) is 6.97. The predicted octanol–water partition coefficient (Wildman–Crippen LogP) is 1.58. The molecule has 18 heavy (non-hydrogen) atoms. The van der Waals surface area contributed by atoms with Crippen LogP contribution in [0.15, 0.2) is 0 Å². The zero-order chi connectivity index (χ0) is 13.4. The first-order chi connectivity index (χ1) is 8.26. The fraction of sp³-hybridized carbons (Fsp3) is 1.00. The van der Waals surface area contributed by atoms with E-state index in [-0.39, 0.29) is 0 Å². The summed E-state index contributed by atoms with van der Waals surface area (Å²) in [6, 6.07) is 1.14. The number of sulfonamides is 1. The summed E-state index contributed by atoms with van der Waals surface area (Å²) in [7, 11) is -2.99. The summed E-state index contributed by atoms with van der Waals surface area (Å²) in [5, 5.41) is 3.72. The lowest BCUT2D eigenvalue weighted by molar-refractivity contribution is 0.267. The van der Waals surface area contributed by atoms with Crippen molar-refractivity contribution in [3.05, 3.63) is 0 Å². The van der Waals surface area contributed by atoms with Crippen LogP contribution in [0.5, 0.6) is 0 Å². The maximum absolute atomic E-state index is 11.4. The zero-order valence-corrected chi connectivity index (χ0v) is 12.6. The highest BCUT2D eigenvalue weighted by Gasteiger charge is 2.33. The van der Waals surface area contributed by atoms with Gasteiger partial charge in [-0.2, -0.15) is 0 Å². The fourth-order valence-electron chi connectivity index (χ4n) is 3.27. The molecular formula is C13H26N2O2S. The molecule has 0 bridgehead atoms. The van der Waals surface area contributed by atoms with E-state index in [1.807, 2.05) is 0 Å². The van der Waals surface area contributed by atoms with E-state index in [4.69, 9.17) is 0 Å². The minimum atomic E-state index is -2.99. The minimum Gasteiger partial charge on any atom is -0.311 e. The Morgan fingerprint density at radius 2 is 1.72 bits per heavy atom. The highest BCUT2D eigenvalue weighted by Crippen LogP contribution is 2.37. The molecule has 0 aromatic carbocycles. The molecule has 0 aromatic rings. The summed E-state index contributed by atoms with van der Waals surface area (Å²) >= 11 is 0. The molecule has 5 heteroatoms. The Kier molecular flexibility index (Phi) is 4.04. The normalized spacial score (nSPS) is 30.7. The molecule has 1 aliphatic carbocycles. The molecule has 1 unspecified atom stereocenters. The Labute approximate surface area is 111 Å². The van der Waals surface area contributed by atoms with Crippen molar-refractivity contribution >= 4 is 10.0 Å². The quantitative estimate of drug-likeness (QED) is 0.850. The van der Waals surface area contributed by atoms with E-state index in [1.165, 1.54) is 25.5 Å². The molecule has 1 heterocycles. The van der Waals surface area contributed by atoms with E-state index < -0.39 is 10.0 Å². The average molecular weight is 274 g/mol. The van der Waals surface area contributed by atoms with Crippen molar-refractivity contribution in [2.45, 2.75) is 58.0 Å². The topological polar surface area (TPSA) is 49.4 Å². The molecule has 106 valence electrons. The van der Waals surface area contributed by atoms with Crippen LogP contribution in [0.25, 0.3) is 0 Å². The van der Waals surface area contributed by atoms with Crippen LogP contribution in [-0.2, 0) is 10.0 Å². The molecular weight excluding hydrogens is 248 g/mol. The van der Waals surface area contributed by atoms with Gasteiger partial charge in [-0.15, -0.1) is 0 Å². The van der Waals surface area contributed by atoms with E-state index in [0.29, 0.717) is 30.6 Å². The van der Waals surface area contributed by atoms with Gasteiger partial charge in [0.15, 0.2) is 0 Å². The third-order valence-corrected chi connectivity index (χ3v) is 5.67. The van der Waals surface area contributed by atoms with Gasteiger partial charge in [0.2, 0.25) is 10.0 Å². The number of rotatable bonds is 3. The first kappa shape index (κ1) is 14.3. The van der Waals surface area contributed by atoms with Crippen LogP contribution in [0.3, 0.4) is 0 Å². The monoisotopic (exact) mass is 274 g/mol. The van der Waals surface area contributed by atoms with Crippen LogP contribution >= 0.6 is 0 Å². The van der Waals surface area contributed by atoms with Gasteiger partial charge in [-0.05, 0) is 37.5 Å². The summed E-state index contributed by atoms with van der Waals surface area (Å²) in [6.07, 6.45) is 7.01. The third kappa shape index (κ3) is 3.68. The summed E-state index contributed by atoms with van der Waals surface area (Å²) in [4.78, 5) is 0. The maximum Gasteiger partial charge on any atom is 0.211 e. The van der Waals surface area contributed by atoms with Crippen LogP contribution in [0.4, 0.5) is 0 Å². The van der Waals surface area contributed by atoms with Crippen LogP contribution in [0.1, 0.15) is 46.0 Å². The molecule has 1 atom stereocenters. The van der Waals surface area contributed by atoms with E-state index >= 15 is 0 Å². The number of nitrogens with one attached hydrogen (secondary N) is 1. The molecule has 0 spiro atoms. The van der Waals surface area contributed by atoms with Crippen molar-refractivity contribution in [1.29, 1.82) is 0 Å². The molecule has 1 aliphatic heterocycles. The largest absolute Gasteiger partial charge is 0.311 e. The Balaban J connectivity index is 1.78. The highest BCUT2D eigenvalue weighted by molar-refractivity contribution is 7.88. The second-order valence-electron chi connectivity index (χ2n) is 6.71. The third-order valence-electron chi connectivity index (χ3n) is 4.36. The van der Waals surface area contributed by atoms with Gasteiger partial charge in [0, 0.05) is 25.2 Å². The van der Waals surface area contributed by atoms with Crippen molar-refractivity contribution in [1.82, 2.24) is 9.62 Å². The van der Waals surface area contributed by atoms with E-state index in [2.05, 4.69) is 19.2 Å². The summed E-state index contributed by atoms with van der Waals surface area (Å²) in [6.45, 7) is 6.01. The second kappa shape index (κ2) is 5.10. The van der Waals surface area contributed by atoms with Crippen molar-refractivity contribution in [3.8, 4) is 0 Å². The van der Waals surface area contributed by atoms with Gasteiger partial charge in [0.1, 0.15) is 0 Å². The molecule has 0 radical (unpaired) electrons. The number of nitrogens with zero attached hydrogens (tertiary/aromatic N) is 1. The van der Waals surface area contributed by atoms with Gasteiger partial charge in [-0.1, -0.05) is 13.8 Å². The Morgan fingerprint density at radius 1 is 1.11 bits per heavy atom. The van der Waals surface area contributed by atoms with Crippen molar-refractivity contribution in [2.24, 2.45) is 5.41 Å². The molecule has 2 rings (SSSR count). The molecule has 1 N–H and O–H groups in total. The molecule has 2 fully saturated rings. The van der Waals surface area contributed by atoms with Gasteiger partial charge in [-0.3, -0.25) is 0 Å². The minimum absolute atomic E-state index is 0.477. The molecule has 1 saturated carbocycles. The van der Waals surface area contributed by atoms with Crippen molar-refractivity contribution in [2.75, 3.05) is 19.3 Å². The second-order valence-corrected chi connectivity index (χ2v) is 8.69. The SMILES string of the molecule is CC1(C)CCC(NC2CCN(S(C)(=O)=O)CC2)C1. The summed E-state index contributed by atoms with van der Waals surface area (Å²) in [5.74, 6) is 0. The lowest BCUT2D eigenvalue weighted by Gasteiger charge is -2.32. The van der Waals surface area contributed by atoms with Crippen molar-refractivity contribution < 1.29 is 8.42 Å².